The number of hydrogen-bond acceptors (Lipinski definition) is 7. The van der Waals surface area contributed by atoms with E-state index in [0.29, 0.717) is 12.8 Å². The first kappa shape index (κ1) is 38.5. The summed E-state index contributed by atoms with van der Waals surface area (Å²) in [6.45, 7) is -9.72. The minimum absolute atomic E-state index is 0.0779. The number of quaternary nitrogens is 1. The monoisotopic (exact) mass is 800 g/mol. The summed E-state index contributed by atoms with van der Waals surface area (Å²) in [5.74, 6) is -1.13. The number of phosphoric ester groups is 1. The van der Waals surface area contributed by atoms with E-state index in [-0.39, 0.29) is 12.8 Å². The van der Waals surface area contributed by atoms with Gasteiger partial charge >= 0.3 is 19.8 Å². The number of likely N-dealkylation sites (N-methyl/N-ethyl adjacent to an activating group) is 1. The van der Waals surface area contributed by atoms with E-state index in [2.05, 4.69) is 13.8 Å². The van der Waals surface area contributed by atoms with E-state index >= 15 is 0 Å². The highest BCUT2D eigenvalue weighted by Crippen LogP contribution is 2.43. The highest BCUT2D eigenvalue weighted by molar-refractivity contribution is 7.47. The van der Waals surface area contributed by atoms with Crippen LogP contribution in [0.15, 0.2) is 0 Å². The molecule has 0 rings (SSSR count). The van der Waals surface area contributed by atoms with Crippen LogP contribution in [0.1, 0.15) is 232 Å². The molecule has 0 radical (unpaired) electrons. The maximum Gasteiger partial charge on any atom is 0.472 e. The van der Waals surface area contributed by atoms with Crippen molar-refractivity contribution >= 4 is 19.8 Å². The van der Waals surface area contributed by atoms with Gasteiger partial charge in [0.05, 0.1) is 39.9 Å². The van der Waals surface area contributed by atoms with Crippen molar-refractivity contribution in [1.29, 1.82) is 0 Å². The smallest absolute Gasteiger partial charge is 0.462 e. The largest absolute Gasteiger partial charge is 0.472 e. The van der Waals surface area contributed by atoms with Crippen LogP contribution < -0.4 is 0 Å². The second-order valence-corrected chi connectivity index (χ2v) is 16.8. The van der Waals surface area contributed by atoms with Gasteiger partial charge in [0.25, 0.3) is 0 Å². The summed E-state index contributed by atoms with van der Waals surface area (Å²) in [6, 6.07) is 0. The predicted octanol–water partition coefficient (Wildman–Crippen LogP) is 12.8. The van der Waals surface area contributed by atoms with Crippen molar-refractivity contribution in [3.05, 3.63) is 0 Å². The molecule has 1 N–H and O–H groups in total. The lowest BCUT2D eigenvalue weighted by atomic mass is 10.0. The molecule has 0 bridgehead atoms. The number of nitrogens with zero attached hydrogens (tertiary/aromatic N) is 1. The zero-order valence-corrected chi connectivity index (χ0v) is 35.6. The minimum Gasteiger partial charge on any atom is -0.462 e. The number of carbonyl (C=O) groups excluding carboxylic acids is 2. The molecule has 2 atom stereocenters. The van der Waals surface area contributed by atoms with E-state index in [4.69, 9.17) is 30.9 Å². The molecule has 0 saturated carbocycles. The maximum absolute atomic E-state index is 12.8. The van der Waals surface area contributed by atoms with E-state index in [0.717, 1.165) is 44.9 Å². The van der Waals surface area contributed by atoms with Gasteiger partial charge in [0, 0.05) is 12.8 Å². The predicted molar refractivity (Wildman–Crippen MR) is 225 cm³/mol. The standard InChI is InChI=1S/C44H88NO8P/c1-6-8-10-12-14-16-18-20-22-24-26-28-30-32-34-36-43(46)50-40-42(41-52-54(48,49)51-39-38-45(3,4)5)53-44(47)37-35-33-31-29-27-25-23-21-19-17-15-13-11-9-7-2/h42H,6-41H2,1-5H3/p+1/t42-/m1/s1/i3D3,4D3,5D3. The second kappa shape index (κ2) is 37.6. The molecular formula is C44H89NO8P+. The fourth-order valence-corrected chi connectivity index (χ4v) is 7.15. The van der Waals surface area contributed by atoms with Crippen molar-refractivity contribution in [3.8, 4) is 0 Å². The molecular weight excluding hydrogens is 701 g/mol. The van der Waals surface area contributed by atoms with Gasteiger partial charge in [-0.1, -0.05) is 194 Å². The molecule has 9 nitrogen and oxygen atoms in total. The van der Waals surface area contributed by atoms with Gasteiger partial charge in [0.2, 0.25) is 0 Å². The molecule has 0 spiro atoms. The minimum atomic E-state index is -5.07. The van der Waals surface area contributed by atoms with Crippen molar-refractivity contribution in [2.24, 2.45) is 0 Å². The normalized spacial score (nSPS) is 16.7. The van der Waals surface area contributed by atoms with Gasteiger partial charge in [-0.3, -0.25) is 18.6 Å². The zero-order valence-electron chi connectivity index (χ0n) is 43.7. The van der Waals surface area contributed by atoms with Gasteiger partial charge in [-0.15, -0.1) is 0 Å². The van der Waals surface area contributed by atoms with Crippen LogP contribution in [0, 0.1) is 0 Å². The van der Waals surface area contributed by atoms with Gasteiger partial charge in [-0.2, -0.15) is 0 Å². The second-order valence-electron chi connectivity index (χ2n) is 15.3. The Bertz CT molecular complexity index is 1160. The van der Waals surface area contributed by atoms with Crippen molar-refractivity contribution in [2.75, 3.05) is 47.3 Å². The molecule has 0 aromatic carbocycles. The summed E-state index contributed by atoms with van der Waals surface area (Å²) in [6.07, 6.45) is 34.3. The Hall–Kier alpha value is -0.990. The number of unbranched alkanes of at least 4 members (excludes halogenated alkanes) is 28. The van der Waals surface area contributed by atoms with Gasteiger partial charge in [0.1, 0.15) is 19.8 Å². The van der Waals surface area contributed by atoms with E-state index in [1.807, 2.05) is 0 Å². The maximum atomic E-state index is 12.8. The Balaban J connectivity index is 4.90. The molecule has 0 saturated heterocycles. The van der Waals surface area contributed by atoms with Crippen molar-refractivity contribution in [2.45, 2.75) is 225 Å². The first-order chi connectivity index (χ1) is 29.7. The first-order valence-electron chi connectivity index (χ1n) is 26.6. The fraction of sp³-hybridized carbons (Fsp3) is 0.955. The van der Waals surface area contributed by atoms with Crippen LogP contribution in [0.25, 0.3) is 0 Å². The molecule has 0 amide bonds. The lowest BCUT2D eigenvalue weighted by Crippen LogP contribution is -2.37. The Morgan fingerprint density at radius 2 is 0.889 bits per heavy atom. The molecule has 54 heavy (non-hydrogen) atoms. The topological polar surface area (TPSA) is 108 Å². The van der Waals surface area contributed by atoms with Crippen LogP contribution in [0.2, 0.25) is 0 Å². The van der Waals surface area contributed by atoms with E-state index in [1.54, 1.807) is 0 Å². The molecule has 0 aliphatic heterocycles. The molecule has 0 heterocycles. The quantitative estimate of drug-likeness (QED) is 0.0281. The average Bonchev–Trinajstić information content (AvgIpc) is 3.19. The molecule has 0 aromatic rings. The third-order valence-corrected chi connectivity index (χ3v) is 10.8. The number of carbonyl (C=O) groups is 2. The third kappa shape index (κ3) is 40.7. The van der Waals surface area contributed by atoms with Crippen molar-refractivity contribution < 1.29 is 54.4 Å². The highest BCUT2D eigenvalue weighted by atomic mass is 31.2. The summed E-state index contributed by atoms with van der Waals surface area (Å²) in [4.78, 5) is 35.8. The van der Waals surface area contributed by atoms with Gasteiger partial charge < -0.3 is 18.9 Å². The van der Waals surface area contributed by atoms with E-state index in [1.165, 1.54) is 135 Å². The molecule has 10 heteroatoms. The number of phosphoric acid groups is 1. The van der Waals surface area contributed by atoms with Gasteiger partial charge in [0.15, 0.2) is 6.10 Å². The van der Waals surface area contributed by atoms with Crippen LogP contribution in [-0.4, -0.2) is 74.7 Å². The molecule has 0 aromatic heterocycles. The van der Waals surface area contributed by atoms with Crippen molar-refractivity contribution in [3.63, 3.8) is 0 Å². The fourth-order valence-electron chi connectivity index (χ4n) is 6.41. The molecule has 0 fully saturated rings. The first-order valence-corrected chi connectivity index (χ1v) is 23.6. The molecule has 0 aliphatic carbocycles. The Kier molecular flexibility index (Phi) is 26.8. The van der Waals surface area contributed by atoms with Gasteiger partial charge in [-0.25, -0.2) is 4.57 Å². The van der Waals surface area contributed by atoms with E-state index < -0.39 is 77.6 Å². The van der Waals surface area contributed by atoms with Crippen LogP contribution in [0.3, 0.4) is 0 Å². The summed E-state index contributed by atoms with van der Waals surface area (Å²) < 4.78 is 101. The summed E-state index contributed by atoms with van der Waals surface area (Å²) >= 11 is 0. The van der Waals surface area contributed by atoms with Crippen LogP contribution in [0.4, 0.5) is 0 Å². The SMILES string of the molecule is [2H]C([2H])([2H])[N+](CCOP(=O)(O)OC[C@@H](COC(=O)CCCCCCCCCCCCCCCCC)OC(=O)CCCCCCCCCCCCCCCCC)(C([2H])([2H])[2H])C([2H])([2H])[2H]. The third-order valence-electron chi connectivity index (χ3n) is 9.80. The summed E-state index contributed by atoms with van der Waals surface area (Å²) in [5, 5.41) is 0. The number of hydrogen-bond donors (Lipinski definition) is 1. The summed E-state index contributed by atoms with van der Waals surface area (Å²) in [5.41, 5.74) is 0. The Morgan fingerprint density at radius 1 is 0.537 bits per heavy atom. The number of rotatable bonds is 42. The molecule has 0 aliphatic rings. The van der Waals surface area contributed by atoms with Crippen LogP contribution >= 0.6 is 7.82 Å². The van der Waals surface area contributed by atoms with E-state index in [9.17, 15) is 19.0 Å². The van der Waals surface area contributed by atoms with Gasteiger partial charge in [-0.05, 0) is 12.8 Å². The lowest BCUT2D eigenvalue weighted by molar-refractivity contribution is -0.870. The molecule has 1 unspecified atom stereocenters. The number of esters is 2. The van der Waals surface area contributed by atoms with Crippen LogP contribution in [0.5, 0.6) is 0 Å². The van der Waals surface area contributed by atoms with Crippen molar-refractivity contribution in [1.82, 2.24) is 0 Å². The molecule has 322 valence electrons. The van der Waals surface area contributed by atoms with Crippen LogP contribution in [-0.2, 0) is 32.7 Å². The number of ether oxygens (including phenoxy) is 2. The Labute approximate surface area is 346 Å². The Morgan fingerprint density at radius 3 is 1.26 bits per heavy atom. The zero-order chi connectivity index (χ0) is 47.5. The highest BCUT2D eigenvalue weighted by Gasteiger charge is 2.27. The lowest BCUT2D eigenvalue weighted by Gasteiger charge is -2.24. The summed E-state index contributed by atoms with van der Waals surface area (Å²) in [7, 11) is -5.07. The average molecular weight is 800 g/mol.